The van der Waals surface area contributed by atoms with Crippen LogP contribution in [0.25, 0.3) is 10.9 Å². The Bertz CT molecular complexity index is 917. The van der Waals surface area contributed by atoms with Crippen LogP contribution in [0.15, 0.2) is 48.5 Å². The minimum absolute atomic E-state index is 0.0273. The van der Waals surface area contributed by atoms with Crippen LogP contribution in [0.3, 0.4) is 0 Å². The van der Waals surface area contributed by atoms with Crippen molar-refractivity contribution >= 4 is 16.8 Å². The van der Waals surface area contributed by atoms with Crippen LogP contribution in [0.2, 0.25) is 0 Å². The summed E-state index contributed by atoms with van der Waals surface area (Å²) in [5.74, 6) is 0.0986. The first kappa shape index (κ1) is 15.7. The number of aromatic amines is 1. The van der Waals surface area contributed by atoms with Gasteiger partial charge in [0.15, 0.2) is 6.61 Å². The van der Waals surface area contributed by atoms with E-state index in [0.717, 1.165) is 17.6 Å². The van der Waals surface area contributed by atoms with E-state index in [1.165, 1.54) is 35.2 Å². The van der Waals surface area contributed by atoms with Crippen LogP contribution in [0.4, 0.5) is 4.39 Å². The van der Waals surface area contributed by atoms with Gasteiger partial charge in [-0.15, -0.1) is 0 Å². The second kappa shape index (κ2) is 6.24. The molecule has 1 N–H and O–H groups in total. The zero-order valence-electron chi connectivity index (χ0n) is 14.0. The highest BCUT2D eigenvalue weighted by molar-refractivity contribution is 5.86. The summed E-state index contributed by atoms with van der Waals surface area (Å²) in [7, 11) is 0. The first-order chi connectivity index (χ1) is 12.1. The molecule has 0 bridgehead atoms. The standard InChI is InChI=1S/C20H19FN2O2/c1-13-20-17(16-4-2-3-5-18(16)22-20)10-11-23(13)19(24)12-25-15-8-6-14(21)7-9-15/h2-9,13,22H,10-12H2,1H3. The monoisotopic (exact) mass is 338 g/mol. The molecular formula is C20H19FN2O2. The molecule has 128 valence electrons. The summed E-state index contributed by atoms with van der Waals surface area (Å²) in [6.07, 6.45) is 0.825. The number of ether oxygens (including phenoxy) is 1. The van der Waals surface area contributed by atoms with Gasteiger partial charge in [0.1, 0.15) is 11.6 Å². The summed E-state index contributed by atoms with van der Waals surface area (Å²) in [6, 6.07) is 13.9. The van der Waals surface area contributed by atoms with Crippen LogP contribution in [0, 0.1) is 5.82 Å². The Hall–Kier alpha value is -2.82. The lowest BCUT2D eigenvalue weighted by molar-refractivity contribution is -0.136. The molecule has 1 amide bonds. The number of hydrogen-bond donors (Lipinski definition) is 1. The summed E-state index contributed by atoms with van der Waals surface area (Å²) in [4.78, 5) is 17.9. The predicted octanol–water partition coefficient (Wildman–Crippen LogP) is 3.83. The maximum absolute atomic E-state index is 12.9. The molecule has 1 aliphatic heterocycles. The van der Waals surface area contributed by atoms with Crippen molar-refractivity contribution in [1.82, 2.24) is 9.88 Å². The highest BCUT2D eigenvalue weighted by Crippen LogP contribution is 2.34. The topological polar surface area (TPSA) is 45.3 Å². The van der Waals surface area contributed by atoms with Crippen LogP contribution in [-0.4, -0.2) is 28.9 Å². The molecule has 0 saturated heterocycles. The first-order valence-electron chi connectivity index (χ1n) is 8.41. The molecule has 2 heterocycles. The Morgan fingerprint density at radius 3 is 2.80 bits per heavy atom. The Labute approximate surface area is 145 Å². The zero-order chi connectivity index (χ0) is 17.4. The van der Waals surface area contributed by atoms with E-state index in [-0.39, 0.29) is 24.4 Å². The molecule has 1 aromatic heterocycles. The number of H-pyrrole nitrogens is 1. The molecule has 0 aliphatic carbocycles. The van der Waals surface area contributed by atoms with Crippen molar-refractivity contribution in [2.45, 2.75) is 19.4 Å². The molecule has 2 aromatic carbocycles. The van der Waals surface area contributed by atoms with E-state index in [1.807, 2.05) is 24.0 Å². The summed E-state index contributed by atoms with van der Waals surface area (Å²) in [6.45, 7) is 2.65. The van der Waals surface area contributed by atoms with Crippen LogP contribution in [0.5, 0.6) is 5.75 Å². The first-order valence-corrected chi connectivity index (χ1v) is 8.41. The molecule has 1 unspecified atom stereocenters. The minimum atomic E-state index is -0.324. The van der Waals surface area contributed by atoms with Gasteiger partial charge in [0.05, 0.1) is 6.04 Å². The average molecular weight is 338 g/mol. The Morgan fingerprint density at radius 1 is 1.24 bits per heavy atom. The fraction of sp³-hybridized carbons (Fsp3) is 0.250. The second-order valence-corrected chi connectivity index (χ2v) is 6.32. The molecule has 25 heavy (non-hydrogen) atoms. The molecule has 0 radical (unpaired) electrons. The van der Waals surface area contributed by atoms with Crippen molar-refractivity contribution in [1.29, 1.82) is 0 Å². The Morgan fingerprint density at radius 2 is 2.00 bits per heavy atom. The van der Waals surface area contributed by atoms with Crippen molar-refractivity contribution in [3.05, 3.63) is 65.6 Å². The quantitative estimate of drug-likeness (QED) is 0.789. The van der Waals surface area contributed by atoms with Gasteiger partial charge in [-0.05, 0) is 49.2 Å². The van der Waals surface area contributed by atoms with Crippen molar-refractivity contribution in [2.75, 3.05) is 13.2 Å². The summed E-state index contributed by atoms with van der Waals surface area (Å²) < 4.78 is 18.4. The largest absolute Gasteiger partial charge is 0.484 e. The number of hydrogen-bond acceptors (Lipinski definition) is 2. The number of aromatic nitrogens is 1. The molecule has 1 atom stereocenters. The van der Waals surface area contributed by atoms with Crippen LogP contribution < -0.4 is 4.74 Å². The third kappa shape index (κ3) is 2.86. The van der Waals surface area contributed by atoms with E-state index in [9.17, 15) is 9.18 Å². The third-order valence-electron chi connectivity index (χ3n) is 4.83. The van der Waals surface area contributed by atoms with Crippen LogP contribution in [0.1, 0.15) is 24.2 Å². The number of nitrogens with zero attached hydrogens (tertiary/aromatic N) is 1. The van der Waals surface area contributed by atoms with E-state index in [4.69, 9.17) is 4.74 Å². The highest BCUT2D eigenvalue weighted by atomic mass is 19.1. The van der Waals surface area contributed by atoms with Crippen molar-refractivity contribution in [3.8, 4) is 5.75 Å². The molecule has 0 saturated carbocycles. The summed E-state index contributed by atoms with van der Waals surface area (Å²) in [5, 5.41) is 1.24. The molecule has 0 spiro atoms. The van der Waals surface area contributed by atoms with E-state index in [1.54, 1.807) is 0 Å². The van der Waals surface area contributed by atoms with Gasteiger partial charge < -0.3 is 14.6 Å². The second-order valence-electron chi connectivity index (χ2n) is 6.32. The lowest BCUT2D eigenvalue weighted by atomic mass is 9.98. The van der Waals surface area contributed by atoms with Gasteiger partial charge in [-0.2, -0.15) is 0 Å². The summed E-state index contributed by atoms with van der Waals surface area (Å²) >= 11 is 0. The van der Waals surface area contributed by atoms with Gasteiger partial charge in [-0.1, -0.05) is 18.2 Å². The lowest BCUT2D eigenvalue weighted by Crippen LogP contribution is -2.41. The molecule has 0 fully saturated rings. The van der Waals surface area contributed by atoms with Crippen LogP contribution >= 0.6 is 0 Å². The third-order valence-corrected chi connectivity index (χ3v) is 4.83. The average Bonchev–Trinajstić information content (AvgIpc) is 3.01. The zero-order valence-corrected chi connectivity index (χ0v) is 14.0. The molecule has 4 rings (SSSR count). The molecule has 5 heteroatoms. The number of para-hydroxylation sites is 1. The Balaban J connectivity index is 1.49. The maximum atomic E-state index is 12.9. The number of carbonyl (C=O) groups is 1. The number of carbonyl (C=O) groups excluding carboxylic acids is 1. The molecular weight excluding hydrogens is 319 g/mol. The Kier molecular flexibility index (Phi) is 3.92. The lowest BCUT2D eigenvalue weighted by Gasteiger charge is -2.33. The number of rotatable bonds is 3. The number of amides is 1. The fourth-order valence-corrected chi connectivity index (χ4v) is 3.53. The molecule has 1 aliphatic rings. The SMILES string of the molecule is CC1c2[nH]c3ccccc3c2CCN1C(=O)COc1ccc(F)cc1. The molecule has 4 nitrogen and oxygen atoms in total. The predicted molar refractivity (Wildman–Crippen MR) is 94.0 cm³/mol. The number of fused-ring (bicyclic) bond motifs is 3. The van der Waals surface area contributed by atoms with Gasteiger partial charge in [-0.25, -0.2) is 4.39 Å². The van der Waals surface area contributed by atoms with Crippen molar-refractivity contribution < 1.29 is 13.9 Å². The van der Waals surface area contributed by atoms with E-state index < -0.39 is 0 Å². The van der Waals surface area contributed by atoms with Crippen LogP contribution in [-0.2, 0) is 11.2 Å². The van der Waals surface area contributed by atoms with E-state index in [2.05, 4.69) is 17.1 Å². The number of nitrogens with one attached hydrogen (secondary N) is 1. The highest BCUT2D eigenvalue weighted by Gasteiger charge is 2.30. The van der Waals surface area contributed by atoms with Gasteiger partial charge in [-0.3, -0.25) is 4.79 Å². The smallest absolute Gasteiger partial charge is 0.261 e. The summed E-state index contributed by atoms with van der Waals surface area (Å²) in [5.41, 5.74) is 3.50. The number of halogens is 1. The van der Waals surface area contributed by atoms with Gasteiger partial charge in [0.25, 0.3) is 5.91 Å². The van der Waals surface area contributed by atoms with Gasteiger partial charge in [0.2, 0.25) is 0 Å². The van der Waals surface area contributed by atoms with Crippen molar-refractivity contribution in [2.24, 2.45) is 0 Å². The fourth-order valence-electron chi connectivity index (χ4n) is 3.53. The maximum Gasteiger partial charge on any atom is 0.261 e. The normalized spacial score (nSPS) is 16.7. The van der Waals surface area contributed by atoms with Crippen molar-refractivity contribution in [3.63, 3.8) is 0 Å². The minimum Gasteiger partial charge on any atom is -0.484 e. The van der Waals surface area contributed by atoms with E-state index in [0.29, 0.717) is 12.3 Å². The van der Waals surface area contributed by atoms with Gasteiger partial charge >= 0.3 is 0 Å². The molecule has 3 aromatic rings. The van der Waals surface area contributed by atoms with E-state index >= 15 is 0 Å². The van der Waals surface area contributed by atoms with Gasteiger partial charge in [0, 0.05) is 23.1 Å². The number of benzene rings is 2.